The molecule has 0 saturated carbocycles. The Morgan fingerprint density at radius 3 is 2.81 bits per heavy atom. The summed E-state index contributed by atoms with van der Waals surface area (Å²) in [5, 5.41) is 3.81. The van der Waals surface area contributed by atoms with Crippen molar-refractivity contribution >= 4 is 17.3 Å². The Morgan fingerprint density at radius 2 is 2.19 bits per heavy atom. The van der Waals surface area contributed by atoms with Gasteiger partial charge in [-0.25, -0.2) is 9.97 Å². The van der Waals surface area contributed by atoms with Crippen LogP contribution in [0.15, 0.2) is 24.8 Å². The molecule has 0 aliphatic heterocycles. The van der Waals surface area contributed by atoms with Crippen molar-refractivity contribution in [3.05, 3.63) is 29.9 Å². The van der Waals surface area contributed by atoms with Crippen molar-refractivity contribution in [1.29, 1.82) is 0 Å². The third-order valence-corrected chi connectivity index (χ3v) is 2.31. The van der Waals surface area contributed by atoms with Crippen molar-refractivity contribution < 1.29 is 0 Å². The largest absolute Gasteiger partial charge is 0.382 e. The standard InChI is InChI=1S/C11H13ClN4/c1-7(2)16-9-3-11(12)14-4-8(9)10-5-13-6-15-10/h3-7H,1-2H3,(H,13,15)(H,14,16). The molecule has 84 valence electrons. The topological polar surface area (TPSA) is 53.6 Å². The second-order valence-corrected chi connectivity index (χ2v) is 4.20. The average Bonchev–Trinajstić information content (AvgIpc) is 2.69. The Bertz CT molecular complexity index is 465. The first-order chi connectivity index (χ1) is 7.66. The van der Waals surface area contributed by atoms with Crippen LogP contribution in [0, 0.1) is 0 Å². The molecular formula is C11H13ClN4. The Kier molecular flexibility index (Phi) is 3.10. The highest BCUT2D eigenvalue weighted by molar-refractivity contribution is 6.29. The molecule has 0 bridgehead atoms. The van der Waals surface area contributed by atoms with Crippen LogP contribution < -0.4 is 5.32 Å². The molecule has 0 aliphatic rings. The van der Waals surface area contributed by atoms with Crippen LogP contribution in [0.4, 0.5) is 5.69 Å². The lowest BCUT2D eigenvalue weighted by atomic mass is 10.1. The summed E-state index contributed by atoms with van der Waals surface area (Å²) < 4.78 is 0. The zero-order valence-corrected chi connectivity index (χ0v) is 9.92. The van der Waals surface area contributed by atoms with Crippen LogP contribution in [0.25, 0.3) is 11.3 Å². The van der Waals surface area contributed by atoms with Crippen molar-refractivity contribution in [2.45, 2.75) is 19.9 Å². The molecule has 2 aromatic rings. The van der Waals surface area contributed by atoms with Gasteiger partial charge in [0.2, 0.25) is 0 Å². The van der Waals surface area contributed by atoms with Gasteiger partial charge >= 0.3 is 0 Å². The van der Waals surface area contributed by atoms with E-state index in [0.717, 1.165) is 16.9 Å². The van der Waals surface area contributed by atoms with E-state index in [1.165, 1.54) is 0 Å². The van der Waals surface area contributed by atoms with Gasteiger partial charge in [-0.3, -0.25) is 0 Å². The SMILES string of the molecule is CC(C)Nc1cc(Cl)ncc1-c1cnc[nH]1. The van der Waals surface area contributed by atoms with Gasteiger partial charge in [0.1, 0.15) is 5.15 Å². The number of H-pyrrole nitrogens is 1. The first kappa shape index (κ1) is 11.0. The minimum absolute atomic E-state index is 0.333. The highest BCUT2D eigenvalue weighted by atomic mass is 35.5. The van der Waals surface area contributed by atoms with Gasteiger partial charge in [-0.1, -0.05) is 11.6 Å². The molecule has 5 heteroatoms. The van der Waals surface area contributed by atoms with Gasteiger partial charge < -0.3 is 10.3 Å². The van der Waals surface area contributed by atoms with E-state index in [2.05, 4.69) is 34.1 Å². The fourth-order valence-electron chi connectivity index (χ4n) is 1.48. The van der Waals surface area contributed by atoms with Gasteiger partial charge in [0.15, 0.2) is 0 Å². The normalized spacial score (nSPS) is 10.8. The van der Waals surface area contributed by atoms with E-state index in [9.17, 15) is 0 Å². The highest BCUT2D eigenvalue weighted by Crippen LogP contribution is 2.27. The molecular weight excluding hydrogens is 224 g/mol. The van der Waals surface area contributed by atoms with Crippen LogP contribution >= 0.6 is 11.6 Å². The number of hydrogen-bond donors (Lipinski definition) is 2. The Balaban J connectivity index is 2.44. The van der Waals surface area contributed by atoms with Crippen molar-refractivity contribution in [2.24, 2.45) is 0 Å². The summed E-state index contributed by atoms with van der Waals surface area (Å²) in [5.74, 6) is 0. The zero-order valence-electron chi connectivity index (χ0n) is 9.16. The van der Waals surface area contributed by atoms with E-state index in [4.69, 9.17) is 11.6 Å². The predicted molar refractivity (Wildman–Crippen MR) is 65.6 cm³/mol. The van der Waals surface area contributed by atoms with Gasteiger partial charge in [-0.05, 0) is 19.9 Å². The second kappa shape index (κ2) is 4.53. The minimum Gasteiger partial charge on any atom is -0.382 e. The number of anilines is 1. The zero-order chi connectivity index (χ0) is 11.5. The summed E-state index contributed by atoms with van der Waals surface area (Å²) in [6.07, 6.45) is 5.14. The van der Waals surface area contributed by atoms with Crippen molar-refractivity contribution in [3.63, 3.8) is 0 Å². The fourth-order valence-corrected chi connectivity index (χ4v) is 1.64. The molecule has 4 nitrogen and oxygen atoms in total. The molecule has 0 aliphatic carbocycles. The number of nitrogens with one attached hydrogen (secondary N) is 2. The lowest BCUT2D eigenvalue weighted by Gasteiger charge is -2.13. The summed E-state index contributed by atoms with van der Waals surface area (Å²) in [5.41, 5.74) is 2.85. The van der Waals surface area contributed by atoms with E-state index in [1.807, 2.05) is 6.07 Å². The number of halogens is 1. The summed E-state index contributed by atoms with van der Waals surface area (Å²) in [7, 11) is 0. The van der Waals surface area contributed by atoms with Gasteiger partial charge in [0.05, 0.1) is 18.2 Å². The van der Waals surface area contributed by atoms with Crippen LogP contribution in [0.5, 0.6) is 0 Å². The molecule has 0 fully saturated rings. The molecule has 0 amide bonds. The first-order valence-electron chi connectivity index (χ1n) is 5.07. The van der Waals surface area contributed by atoms with E-state index in [-0.39, 0.29) is 0 Å². The molecule has 0 radical (unpaired) electrons. The van der Waals surface area contributed by atoms with Crippen molar-refractivity contribution in [2.75, 3.05) is 5.32 Å². The van der Waals surface area contributed by atoms with Gasteiger partial charge in [0, 0.05) is 23.5 Å². The molecule has 16 heavy (non-hydrogen) atoms. The predicted octanol–water partition coefficient (Wildman–Crippen LogP) is 2.95. The number of imidazole rings is 1. The van der Waals surface area contributed by atoms with E-state index >= 15 is 0 Å². The highest BCUT2D eigenvalue weighted by Gasteiger charge is 2.08. The van der Waals surface area contributed by atoms with E-state index in [1.54, 1.807) is 18.7 Å². The maximum atomic E-state index is 5.88. The van der Waals surface area contributed by atoms with E-state index < -0.39 is 0 Å². The third kappa shape index (κ3) is 2.33. The Morgan fingerprint density at radius 1 is 1.38 bits per heavy atom. The number of aromatic amines is 1. The van der Waals surface area contributed by atoms with Crippen LogP contribution in [0.2, 0.25) is 5.15 Å². The molecule has 2 heterocycles. The second-order valence-electron chi connectivity index (χ2n) is 3.82. The van der Waals surface area contributed by atoms with E-state index in [0.29, 0.717) is 11.2 Å². The van der Waals surface area contributed by atoms with Crippen LogP contribution in [0.3, 0.4) is 0 Å². The molecule has 0 saturated heterocycles. The summed E-state index contributed by atoms with van der Waals surface area (Å²) in [6, 6.07) is 2.15. The lowest BCUT2D eigenvalue weighted by Crippen LogP contribution is -2.10. The lowest BCUT2D eigenvalue weighted by molar-refractivity contribution is 0.899. The van der Waals surface area contributed by atoms with Crippen molar-refractivity contribution in [3.8, 4) is 11.3 Å². The minimum atomic E-state index is 0.333. The van der Waals surface area contributed by atoms with Gasteiger partial charge in [-0.2, -0.15) is 0 Å². The van der Waals surface area contributed by atoms with Gasteiger partial charge in [-0.15, -0.1) is 0 Å². The molecule has 0 unspecified atom stereocenters. The number of hydrogen-bond acceptors (Lipinski definition) is 3. The summed E-state index contributed by atoms with van der Waals surface area (Å²) in [6.45, 7) is 4.15. The quantitative estimate of drug-likeness (QED) is 0.806. The molecule has 0 atom stereocenters. The Hall–Kier alpha value is -1.55. The van der Waals surface area contributed by atoms with Crippen LogP contribution in [-0.2, 0) is 0 Å². The number of pyridine rings is 1. The van der Waals surface area contributed by atoms with Crippen LogP contribution in [0.1, 0.15) is 13.8 Å². The maximum Gasteiger partial charge on any atom is 0.131 e. The molecule has 0 spiro atoms. The van der Waals surface area contributed by atoms with Crippen LogP contribution in [-0.4, -0.2) is 21.0 Å². The molecule has 2 rings (SSSR count). The Labute approximate surface area is 99.1 Å². The first-order valence-corrected chi connectivity index (χ1v) is 5.45. The molecule has 0 aromatic carbocycles. The third-order valence-electron chi connectivity index (χ3n) is 2.10. The summed E-state index contributed by atoms with van der Waals surface area (Å²) >= 11 is 5.88. The van der Waals surface area contributed by atoms with Gasteiger partial charge in [0.25, 0.3) is 0 Å². The fraction of sp³-hybridized carbons (Fsp3) is 0.273. The number of aromatic nitrogens is 3. The molecule has 2 N–H and O–H groups in total. The number of rotatable bonds is 3. The smallest absolute Gasteiger partial charge is 0.131 e. The van der Waals surface area contributed by atoms with Crippen molar-refractivity contribution in [1.82, 2.24) is 15.0 Å². The molecule has 2 aromatic heterocycles. The summed E-state index contributed by atoms with van der Waals surface area (Å²) in [4.78, 5) is 11.1. The average molecular weight is 237 g/mol. The monoisotopic (exact) mass is 236 g/mol. The number of nitrogens with zero attached hydrogens (tertiary/aromatic N) is 2. The maximum absolute atomic E-state index is 5.88.